The summed E-state index contributed by atoms with van der Waals surface area (Å²) in [6.07, 6.45) is 6.14. The fourth-order valence-electron chi connectivity index (χ4n) is 3.30. The van der Waals surface area contributed by atoms with Crippen molar-refractivity contribution in [2.45, 2.75) is 65.7 Å². The topological polar surface area (TPSA) is 28.7 Å². The first-order valence-corrected chi connectivity index (χ1v) is 8.03. The highest BCUT2D eigenvalue weighted by atomic mass is 32.1. The van der Waals surface area contributed by atoms with Gasteiger partial charge in [-0.3, -0.25) is 0 Å². The van der Waals surface area contributed by atoms with Gasteiger partial charge in [-0.1, -0.05) is 33.0 Å². The van der Waals surface area contributed by atoms with E-state index in [2.05, 4.69) is 37.7 Å². The van der Waals surface area contributed by atoms with Crippen LogP contribution in [0.1, 0.15) is 69.5 Å². The lowest BCUT2D eigenvalue weighted by Crippen LogP contribution is -2.19. The number of nitrogens with zero attached hydrogens (tertiary/aromatic N) is 1. The maximum absolute atomic E-state index is 5.43. The first-order valence-electron chi connectivity index (χ1n) is 7.62. The van der Waals surface area contributed by atoms with Gasteiger partial charge in [0.05, 0.1) is 0 Å². The molecule has 0 radical (unpaired) electrons. The molecule has 1 fully saturated rings. The molecule has 106 valence electrons. The highest BCUT2D eigenvalue weighted by Crippen LogP contribution is 2.37. The molecule has 0 bridgehead atoms. The van der Waals surface area contributed by atoms with Gasteiger partial charge in [-0.05, 0) is 50.9 Å². The van der Waals surface area contributed by atoms with E-state index in [9.17, 15) is 0 Å². The summed E-state index contributed by atoms with van der Waals surface area (Å²) >= 11 is 5.43. The Kier molecular flexibility index (Phi) is 4.77. The van der Waals surface area contributed by atoms with Crippen LogP contribution in [0.15, 0.2) is 0 Å². The predicted octanol–water partition coefficient (Wildman–Crippen LogP) is 4.94. The van der Waals surface area contributed by atoms with Crippen molar-refractivity contribution < 1.29 is 0 Å². The number of aryl methyl sites for hydroxylation is 1. The Balaban J connectivity index is 2.14. The molecule has 0 amide bonds. The van der Waals surface area contributed by atoms with Gasteiger partial charge < -0.3 is 4.98 Å². The maximum atomic E-state index is 5.43. The van der Waals surface area contributed by atoms with Gasteiger partial charge in [0.25, 0.3) is 0 Å². The number of hydrogen-bond acceptors (Lipinski definition) is 2. The molecular formula is C16H26N2S. The zero-order chi connectivity index (χ0) is 14.0. The highest BCUT2D eigenvalue weighted by Gasteiger charge is 2.25. The number of rotatable bonds is 3. The Morgan fingerprint density at radius 1 is 1.26 bits per heavy atom. The molecule has 2 nitrogen and oxygen atoms in total. The average Bonchev–Trinajstić information content (AvgIpc) is 2.38. The molecule has 1 aromatic rings. The van der Waals surface area contributed by atoms with E-state index in [1.165, 1.54) is 36.9 Å². The molecule has 3 heteroatoms. The summed E-state index contributed by atoms with van der Waals surface area (Å²) in [4.78, 5) is 8.16. The number of hydrogen-bond donors (Lipinski definition) is 1. The summed E-state index contributed by atoms with van der Waals surface area (Å²) in [5, 5.41) is 0. The summed E-state index contributed by atoms with van der Waals surface area (Å²) in [6.45, 7) is 8.95. The zero-order valence-electron chi connectivity index (χ0n) is 12.6. The fourth-order valence-corrected chi connectivity index (χ4v) is 3.70. The van der Waals surface area contributed by atoms with Crippen molar-refractivity contribution in [3.63, 3.8) is 0 Å². The molecule has 0 aromatic carbocycles. The van der Waals surface area contributed by atoms with Crippen LogP contribution in [0, 0.1) is 23.4 Å². The van der Waals surface area contributed by atoms with Gasteiger partial charge in [-0.2, -0.15) is 0 Å². The second-order valence-electron chi connectivity index (χ2n) is 6.24. The van der Waals surface area contributed by atoms with Crippen molar-refractivity contribution in [3.8, 4) is 0 Å². The third-order valence-electron chi connectivity index (χ3n) is 4.70. The minimum absolute atomic E-state index is 0.585. The molecule has 0 saturated heterocycles. The molecule has 2 rings (SSSR count). The molecule has 19 heavy (non-hydrogen) atoms. The van der Waals surface area contributed by atoms with Crippen LogP contribution in [0.25, 0.3) is 0 Å². The molecule has 0 unspecified atom stereocenters. The molecule has 0 atom stereocenters. The van der Waals surface area contributed by atoms with Crippen LogP contribution in [0.3, 0.4) is 0 Å². The molecule has 1 saturated carbocycles. The Morgan fingerprint density at radius 2 is 1.89 bits per heavy atom. The average molecular weight is 278 g/mol. The van der Waals surface area contributed by atoms with Crippen LogP contribution in [-0.4, -0.2) is 9.97 Å². The summed E-state index contributed by atoms with van der Waals surface area (Å²) in [5.74, 6) is 3.43. The first kappa shape index (κ1) is 14.7. The van der Waals surface area contributed by atoms with Gasteiger partial charge in [0, 0.05) is 17.2 Å². The van der Waals surface area contributed by atoms with Crippen molar-refractivity contribution >= 4 is 12.2 Å². The van der Waals surface area contributed by atoms with Gasteiger partial charge in [-0.25, -0.2) is 4.98 Å². The van der Waals surface area contributed by atoms with Gasteiger partial charge in [-0.15, -0.1) is 0 Å². The van der Waals surface area contributed by atoms with Crippen LogP contribution in [0.4, 0.5) is 0 Å². The number of aromatic nitrogens is 2. The van der Waals surface area contributed by atoms with Gasteiger partial charge in [0.15, 0.2) is 0 Å². The van der Waals surface area contributed by atoms with Gasteiger partial charge in [0.2, 0.25) is 0 Å². The SMILES string of the molecule is CCc1c(C)[nH]c(C2CCC(C(C)C)CC2)nc1=S. The van der Waals surface area contributed by atoms with E-state index in [1.54, 1.807) is 0 Å². The molecule has 0 spiro atoms. The smallest absolute Gasteiger partial charge is 0.133 e. The first-order chi connectivity index (χ1) is 9.02. The molecule has 0 aliphatic heterocycles. The van der Waals surface area contributed by atoms with E-state index in [0.717, 1.165) is 28.7 Å². The van der Waals surface area contributed by atoms with Crippen molar-refractivity contribution in [3.05, 3.63) is 21.7 Å². The Morgan fingerprint density at radius 3 is 2.37 bits per heavy atom. The van der Waals surface area contributed by atoms with Crippen LogP contribution in [-0.2, 0) is 6.42 Å². The number of aromatic amines is 1. The van der Waals surface area contributed by atoms with E-state index < -0.39 is 0 Å². The molecule has 1 N–H and O–H groups in total. The Hall–Kier alpha value is -0.700. The number of nitrogens with one attached hydrogen (secondary N) is 1. The van der Waals surface area contributed by atoms with E-state index >= 15 is 0 Å². The third kappa shape index (κ3) is 3.25. The van der Waals surface area contributed by atoms with E-state index in [-0.39, 0.29) is 0 Å². The number of H-pyrrole nitrogens is 1. The van der Waals surface area contributed by atoms with Crippen molar-refractivity contribution in [1.29, 1.82) is 0 Å². The Labute approximate surface area is 122 Å². The largest absolute Gasteiger partial charge is 0.347 e. The standard InChI is InChI=1S/C16H26N2S/c1-5-14-11(4)17-15(18-16(14)19)13-8-6-12(7-9-13)10(2)3/h10,12-13H,5-9H2,1-4H3,(H,17,18,19). The highest BCUT2D eigenvalue weighted by molar-refractivity contribution is 7.71. The van der Waals surface area contributed by atoms with E-state index in [0.29, 0.717) is 5.92 Å². The predicted molar refractivity (Wildman–Crippen MR) is 83.1 cm³/mol. The van der Waals surface area contributed by atoms with Crippen molar-refractivity contribution in [1.82, 2.24) is 9.97 Å². The monoisotopic (exact) mass is 278 g/mol. The molecule has 1 aromatic heterocycles. The second kappa shape index (κ2) is 6.17. The lowest BCUT2D eigenvalue weighted by molar-refractivity contribution is 0.254. The summed E-state index contributed by atoms with van der Waals surface area (Å²) in [7, 11) is 0. The second-order valence-corrected chi connectivity index (χ2v) is 6.63. The molecule has 1 heterocycles. The fraction of sp³-hybridized carbons (Fsp3) is 0.750. The van der Waals surface area contributed by atoms with Gasteiger partial charge in [0.1, 0.15) is 10.5 Å². The summed E-state index contributed by atoms with van der Waals surface area (Å²) in [5.41, 5.74) is 2.41. The minimum atomic E-state index is 0.585. The van der Waals surface area contributed by atoms with E-state index in [1.807, 2.05) is 0 Å². The lowest BCUT2D eigenvalue weighted by Gasteiger charge is -2.30. The normalized spacial score (nSPS) is 23.8. The van der Waals surface area contributed by atoms with Crippen LogP contribution in [0.5, 0.6) is 0 Å². The Bertz CT molecular complexity index is 482. The lowest BCUT2D eigenvalue weighted by atomic mass is 9.76. The quantitative estimate of drug-likeness (QED) is 0.793. The van der Waals surface area contributed by atoms with E-state index in [4.69, 9.17) is 12.2 Å². The van der Waals surface area contributed by atoms with Crippen molar-refractivity contribution in [2.24, 2.45) is 11.8 Å². The van der Waals surface area contributed by atoms with Gasteiger partial charge >= 0.3 is 0 Å². The van der Waals surface area contributed by atoms with Crippen LogP contribution in [0.2, 0.25) is 0 Å². The summed E-state index contributed by atoms with van der Waals surface area (Å²) in [6, 6.07) is 0. The molecule has 1 aliphatic carbocycles. The van der Waals surface area contributed by atoms with Crippen LogP contribution >= 0.6 is 12.2 Å². The zero-order valence-corrected chi connectivity index (χ0v) is 13.4. The molecular weight excluding hydrogens is 252 g/mol. The van der Waals surface area contributed by atoms with Crippen LogP contribution < -0.4 is 0 Å². The minimum Gasteiger partial charge on any atom is -0.347 e. The molecule has 1 aliphatic rings. The maximum Gasteiger partial charge on any atom is 0.133 e. The van der Waals surface area contributed by atoms with Crippen molar-refractivity contribution in [2.75, 3.05) is 0 Å². The third-order valence-corrected chi connectivity index (χ3v) is 5.04. The summed E-state index contributed by atoms with van der Waals surface area (Å²) < 4.78 is 0.805.